The lowest BCUT2D eigenvalue weighted by Gasteiger charge is -2.12. The molecule has 2 heterocycles. The number of benzene rings is 1. The topological polar surface area (TPSA) is 136 Å². The van der Waals surface area contributed by atoms with Crippen LogP contribution in [0.4, 0.5) is 5.69 Å². The number of nitrogens with zero attached hydrogens (tertiary/aromatic N) is 4. The molecule has 0 aliphatic carbocycles. The van der Waals surface area contributed by atoms with Crippen LogP contribution in [0.2, 0.25) is 0 Å². The highest BCUT2D eigenvalue weighted by Gasteiger charge is 2.17. The Morgan fingerprint density at radius 1 is 1.10 bits per heavy atom. The fourth-order valence-corrected chi connectivity index (χ4v) is 2.95. The highest BCUT2D eigenvalue weighted by Crippen LogP contribution is 2.28. The highest BCUT2D eigenvalue weighted by molar-refractivity contribution is 5.94. The lowest BCUT2D eigenvalue weighted by Crippen LogP contribution is -2.37. The number of ether oxygens (including phenoxy) is 3. The standard InChI is InChI=1S/C19H21N5O7/c1-22-17-16(18(27)23(2)19(22)28)24(10-20-17)8-15(26)31-9-14(25)21-12-7-11(29-3)5-6-13(12)30-4/h5-7,10H,8-9H2,1-4H3,(H,21,25). The third-order valence-electron chi connectivity index (χ3n) is 4.56. The molecule has 0 bridgehead atoms. The van der Waals surface area contributed by atoms with Gasteiger partial charge in [0.2, 0.25) is 0 Å². The van der Waals surface area contributed by atoms with E-state index in [9.17, 15) is 19.2 Å². The van der Waals surface area contributed by atoms with E-state index in [0.29, 0.717) is 17.2 Å². The first-order valence-electron chi connectivity index (χ1n) is 9.05. The second-order valence-electron chi connectivity index (χ2n) is 6.53. The quantitative estimate of drug-likeness (QED) is 0.501. The number of esters is 1. The van der Waals surface area contributed by atoms with Gasteiger partial charge in [-0.05, 0) is 12.1 Å². The van der Waals surface area contributed by atoms with Gasteiger partial charge in [0.15, 0.2) is 17.8 Å². The maximum absolute atomic E-state index is 12.4. The first kappa shape index (κ1) is 21.6. The fourth-order valence-electron chi connectivity index (χ4n) is 2.95. The minimum Gasteiger partial charge on any atom is -0.497 e. The predicted molar refractivity (Wildman–Crippen MR) is 109 cm³/mol. The van der Waals surface area contributed by atoms with E-state index in [4.69, 9.17) is 14.2 Å². The molecule has 1 aromatic carbocycles. The Morgan fingerprint density at radius 2 is 1.84 bits per heavy atom. The maximum Gasteiger partial charge on any atom is 0.332 e. The van der Waals surface area contributed by atoms with E-state index in [0.717, 1.165) is 4.57 Å². The average molecular weight is 431 g/mol. The van der Waals surface area contributed by atoms with E-state index >= 15 is 0 Å². The van der Waals surface area contributed by atoms with Crippen LogP contribution in [0.5, 0.6) is 11.5 Å². The number of anilines is 1. The molecule has 0 fully saturated rings. The lowest BCUT2D eigenvalue weighted by atomic mass is 10.2. The Bertz CT molecular complexity index is 1270. The van der Waals surface area contributed by atoms with Crippen LogP contribution in [-0.2, 0) is 35.0 Å². The lowest BCUT2D eigenvalue weighted by molar-refractivity contribution is -0.147. The molecule has 0 saturated heterocycles. The van der Waals surface area contributed by atoms with Crippen molar-refractivity contribution in [3.8, 4) is 11.5 Å². The van der Waals surface area contributed by atoms with Gasteiger partial charge in [0.1, 0.15) is 18.0 Å². The van der Waals surface area contributed by atoms with Crippen molar-refractivity contribution < 1.29 is 23.8 Å². The first-order valence-corrected chi connectivity index (χ1v) is 9.05. The zero-order chi connectivity index (χ0) is 22.7. The number of methoxy groups -OCH3 is 2. The maximum atomic E-state index is 12.4. The van der Waals surface area contributed by atoms with Gasteiger partial charge in [-0.2, -0.15) is 0 Å². The molecule has 3 aromatic rings. The molecule has 0 aliphatic rings. The van der Waals surface area contributed by atoms with Crippen LogP contribution in [0.15, 0.2) is 34.1 Å². The number of rotatable bonds is 7. The summed E-state index contributed by atoms with van der Waals surface area (Å²) in [5.74, 6) is -0.431. The van der Waals surface area contributed by atoms with Crippen LogP contribution in [0.3, 0.4) is 0 Å². The molecule has 1 N–H and O–H groups in total. The smallest absolute Gasteiger partial charge is 0.332 e. The van der Waals surface area contributed by atoms with Crippen molar-refractivity contribution in [3.05, 3.63) is 45.4 Å². The summed E-state index contributed by atoms with van der Waals surface area (Å²) in [5.41, 5.74) is -0.551. The number of amides is 1. The van der Waals surface area contributed by atoms with E-state index < -0.39 is 29.7 Å². The largest absolute Gasteiger partial charge is 0.497 e. The Balaban J connectivity index is 1.68. The zero-order valence-electron chi connectivity index (χ0n) is 17.4. The Labute approximate surface area is 175 Å². The summed E-state index contributed by atoms with van der Waals surface area (Å²) >= 11 is 0. The first-order chi connectivity index (χ1) is 14.8. The molecule has 31 heavy (non-hydrogen) atoms. The van der Waals surface area contributed by atoms with Crippen LogP contribution >= 0.6 is 0 Å². The number of hydrogen-bond acceptors (Lipinski definition) is 8. The number of hydrogen-bond donors (Lipinski definition) is 1. The minimum atomic E-state index is -0.761. The molecule has 0 radical (unpaired) electrons. The van der Waals surface area contributed by atoms with Crippen LogP contribution in [0.25, 0.3) is 11.2 Å². The molecule has 164 valence electrons. The summed E-state index contributed by atoms with van der Waals surface area (Å²) in [4.78, 5) is 52.8. The molecule has 2 aromatic heterocycles. The number of imidazole rings is 1. The third kappa shape index (κ3) is 4.27. The molecule has 0 spiro atoms. The van der Waals surface area contributed by atoms with E-state index in [2.05, 4.69) is 10.3 Å². The number of nitrogens with one attached hydrogen (secondary N) is 1. The van der Waals surface area contributed by atoms with Crippen molar-refractivity contribution in [3.63, 3.8) is 0 Å². The number of carbonyl (C=O) groups is 2. The average Bonchev–Trinajstić information content (AvgIpc) is 3.18. The number of aryl methyl sites for hydroxylation is 1. The van der Waals surface area contributed by atoms with Crippen molar-refractivity contribution in [2.45, 2.75) is 6.54 Å². The van der Waals surface area contributed by atoms with Gasteiger partial charge in [-0.3, -0.25) is 23.5 Å². The van der Waals surface area contributed by atoms with Crippen LogP contribution < -0.4 is 26.0 Å². The third-order valence-corrected chi connectivity index (χ3v) is 4.56. The van der Waals surface area contributed by atoms with Crippen LogP contribution in [-0.4, -0.2) is 51.4 Å². The zero-order valence-corrected chi connectivity index (χ0v) is 17.4. The van der Waals surface area contributed by atoms with Gasteiger partial charge in [-0.25, -0.2) is 9.78 Å². The van der Waals surface area contributed by atoms with Crippen molar-refractivity contribution in [2.75, 3.05) is 26.1 Å². The minimum absolute atomic E-state index is 0.0760. The van der Waals surface area contributed by atoms with Gasteiger partial charge in [0.05, 0.1) is 26.2 Å². The van der Waals surface area contributed by atoms with Crippen molar-refractivity contribution in [1.82, 2.24) is 18.7 Å². The SMILES string of the molecule is COc1ccc(OC)c(NC(=O)COC(=O)Cn2cnc3c2c(=O)n(C)c(=O)n3C)c1. The van der Waals surface area contributed by atoms with Crippen molar-refractivity contribution >= 4 is 28.7 Å². The monoisotopic (exact) mass is 431 g/mol. The number of aromatic nitrogens is 4. The van der Waals surface area contributed by atoms with Gasteiger partial charge in [-0.15, -0.1) is 0 Å². The van der Waals surface area contributed by atoms with E-state index in [-0.39, 0.29) is 17.7 Å². The molecular weight excluding hydrogens is 410 g/mol. The second kappa shape index (κ2) is 8.73. The van der Waals surface area contributed by atoms with Gasteiger partial charge in [0, 0.05) is 20.2 Å². The number of carbonyl (C=O) groups excluding carboxylic acids is 2. The highest BCUT2D eigenvalue weighted by atomic mass is 16.5. The molecule has 0 aliphatic heterocycles. The predicted octanol–water partition coefficient (Wildman–Crippen LogP) is -0.367. The van der Waals surface area contributed by atoms with Gasteiger partial charge in [-0.1, -0.05) is 0 Å². The van der Waals surface area contributed by atoms with E-state index in [1.54, 1.807) is 18.2 Å². The van der Waals surface area contributed by atoms with Crippen LogP contribution in [0.1, 0.15) is 0 Å². The second-order valence-corrected chi connectivity index (χ2v) is 6.53. The molecule has 0 unspecified atom stereocenters. The normalized spacial score (nSPS) is 10.7. The molecule has 0 atom stereocenters. The summed E-state index contributed by atoms with van der Waals surface area (Å²) in [6.45, 7) is -0.915. The summed E-state index contributed by atoms with van der Waals surface area (Å²) < 4.78 is 18.7. The van der Waals surface area contributed by atoms with Gasteiger partial charge < -0.3 is 24.1 Å². The summed E-state index contributed by atoms with van der Waals surface area (Å²) in [6, 6.07) is 4.86. The fraction of sp³-hybridized carbons (Fsp3) is 0.316. The number of fused-ring (bicyclic) bond motifs is 1. The summed E-state index contributed by atoms with van der Waals surface area (Å²) in [7, 11) is 5.74. The Kier molecular flexibility index (Phi) is 6.09. The Morgan fingerprint density at radius 3 is 2.52 bits per heavy atom. The molecule has 1 amide bonds. The Hall–Kier alpha value is -4.09. The molecule has 12 nitrogen and oxygen atoms in total. The van der Waals surface area contributed by atoms with E-state index in [1.165, 1.54) is 43.8 Å². The van der Waals surface area contributed by atoms with Gasteiger partial charge in [0.25, 0.3) is 11.5 Å². The van der Waals surface area contributed by atoms with Crippen LogP contribution in [0, 0.1) is 0 Å². The van der Waals surface area contributed by atoms with Gasteiger partial charge >= 0.3 is 11.7 Å². The summed E-state index contributed by atoms with van der Waals surface area (Å²) in [5, 5.41) is 2.58. The summed E-state index contributed by atoms with van der Waals surface area (Å²) in [6.07, 6.45) is 1.26. The molecule has 0 saturated carbocycles. The van der Waals surface area contributed by atoms with E-state index in [1.807, 2.05) is 0 Å². The van der Waals surface area contributed by atoms with Crippen molar-refractivity contribution in [1.29, 1.82) is 0 Å². The molecule has 12 heteroatoms. The van der Waals surface area contributed by atoms with Crippen molar-refractivity contribution in [2.24, 2.45) is 14.1 Å². The molecule has 3 rings (SSSR count). The molecular formula is C19H21N5O7.